The van der Waals surface area contributed by atoms with Crippen LogP contribution in [0.25, 0.3) is 10.9 Å². The average molecular weight is 267 g/mol. The number of hydrogen-bond acceptors (Lipinski definition) is 5. The number of aromatic nitrogens is 2. The molecule has 0 saturated heterocycles. The molecule has 2 heterocycles. The number of carbonyl (C=O) groups is 1. The highest BCUT2D eigenvalue weighted by atomic mass is 35.5. The van der Waals surface area contributed by atoms with Crippen LogP contribution in [0.1, 0.15) is 17.4 Å². The summed E-state index contributed by atoms with van der Waals surface area (Å²) in [7, 11) is 1.54. The van der Waals surface area contributed by atoms with Crippen molar-refractivity contribution in [2.75, 3.05) is 13.7 Å². The number of pyridine rings is 2. The first-order valence-electron chi connectivity index (χ1n) is 5.33. The van der Waals surface area contributed by atoms with Crippen molar-refractivity contribution in [3.63, 3.8) is 0 Å². The molecule has 18 heavy (non-hydrogen) atoms. The molecule has 0 aliphatic rings. The Morgan fingerprint density at radius 3 is 2.89 bits per heavy atom. The lowest BCUT2D eigenvalue weighted by Gasteiger charge is -2.05. The molecule has 0 aliphatic carbocycles. The lowest BCUT2D eigenvalue weighted by molar-refractivity contribution is 0.0519. The summed E-state index contributed by atoms with van der Waals surface area (Å²) in [5, 5.41) is 0.843. The molecule has 5 nitrogen and oxygen atoms in total. The summed E-state index contributed by atoms with van der Waals surface area (Å²) >= 11 is 5.98. The van der Waals surface area contributed by atoms with E-state index in [1.54, 1.807) is 25.3 Å². The maximum Gasteiger partial charge on any atom is 0.356 e. The number of carbonyl (C=O) groups excluding carboxylic acids is 1. The van der Waals surface area contributed by atoms with Gasteiger partial charge in [-0.2, -0.15) is 0 Å². The molecule has 2 rings (SSSR count). The van der Waals surface area contributed by atoms with Gasteiger partial charge in [-0.1, -0.05) is 11.6 Å². The minimum atomic E-state index is -0.510. The van der Waals surface area contributed by atoms with Gasteiger partial charge in [0, 0.05) is 5.39 Å². The molecule has 0 aromatic carbocycles. The van der Waals surface area contributed by atoms with E-state index >= 15 is 0 Å². The van der Waals surface area contributed by atoms with E-state index in [0.29, 0.717) is 16.7 Å². The van der Waals surface area contributed by atoms with E-state index in [0.717, 1.165) is 0 Å². The number of methoxy groups -OCH3 is 1. The number of esters is 1. The summed E-state index contributed by atoms with van der Waals surface area (Å²) in [5.41, 5.74) is 0.676. The number of hydrogen-bond donors (Lipinski definition) is 0. The maximum absolute atomic E-state index is 11.6. The van der Waals surface area contributed by atoms with Gasteiger partial charge >= 0.3 is 5.97 Å². The number of rotatable bonds is 3. The summed E-state index contributed by atoms with van der Waals surface area (Å²) in [4.78, 5) is 19.7. The standard InChI is InChI=1S/C12H11ClN2O3/c1-3-18-12(16)9-5-7-4-8(17-2)6-14-10(7)11(13)15-9/h4-6H,3H2,1-2H3. The second-order valence-electron chi connectivity index (χ2n) is 3.47. The van der Waals surface area contributed by atoms with Crippen molar-refractivity contribution < 1.29 is 14.3 Å². The molecule has 6 heteroatoms. The smallest absolute Gasteiger partial charge is 0.356 e. The molecule has 94 valence electrons. The highest BCUT2D eigenvalue weighted by Gasteiger charge is 2.13. The molecular weight excluding hydrogens is 256 g/mol. The summed E-state index contributed by atoms with van der Waals surface area (Å²) in [5.74, 6) is 0.0729. The third-order valence-corrected chi connectivity index (χ3v) is 2.58. The van der Waals surface area contributed by atoms with Crippen molar-refractivity contribution >= 4 is 28.5 Å². The number of halogens is 1. The Morgan fingerprint density at radius 2 is 2.22 bits per heavy atom. The Morgan fingerprint density at radius 1 is 1.44 bits per heavy atom. The molecule has 0 spiro atoms. The predicted molar refractivity (Wildman–Crippen MR) is 67.1 cm³/mol. The minimum absolute atomic E-state index is 0.157. The summed E-state index contributed by atoms with van der Waals surface area (Å²) in [6, 6.07) is 3.31. The van der Waals surface area contributed by atoms with Gasteiger partial charge in [0.2, 0.25) is 0 Å². The zero-order chi connectivity index (χ0) is 13.1. The monoisotopic (exact) mass is 266 g/mol. The van der Waals surface area contributed by atoms with E-state index in [1.165, 1.54) is 7.11 Å². The lowest BCUT2D eigenvalue weighted by Crippen LogP contribution is -2.07. The zero-order valence-electron chi connectivity index (χ0n) is 9.94. The first kappa shape index (κ1) is 12.6. The number of fused-ring (bicyclic) bond motifs is 1. The van der Waals surface area contributed by atoms with Crippen molar-refractivity contribution in [2.45, 2.75) is 6.92 Å². The van der Waals surface area contributed by atoms with Gasteiger partial charge in [0.1, 0.15) is 11.3 Å². The minimum Gasteiger partial charge on any atom is -0.495 e. The van der Waals surface area contributed by atoms with Crippen LogP contribution >= 0.6 is 11.6 Å². The second kappa shape index (κ2) is 5.18. The van der Waals surface area contributed by atoms with Crippen LogP contribution in [-0.4, -0.2) is 29.7 Å². The van der Waals surface area contributed by atoms with Crippen LogP contribution in [0, 0.1) is 0 Å². The molecular formula is C12H11ClN2O3. The van der Waals surface area contributed by atoms with Crippen LogP contribution in [0.2, 0.25) is 5.15 Å². The molecule has 0 fully saturated rings. The van der Waals surface area contributed by atoms with Crippen LogP contribution in [0.3, 0.4) is 0 Å². The Balaban J connectivity index is 2.55. The Kier molecular flexibility index (Phi) is 3.62. The third-order valence-electron chi connectivity index (χ3n) is 2.32. The molecule has 0 aliphatic heterocycles. The van der Waals surface area contributed by atoms with E-state index in [-0.39, 0.29) is 17.5 Å². The first-order valence-corrected chi connectivity index (χ1v) is 5.71. The molecule has 2 aromatic heterocycles. The number of ether oxygens (including phenoxy) is 2. The second-order valence-corrected chi connectivity index (χ2v) is 3.82. The van der Waals surface area contributed by atoms with E-state index in [4.69, 9.17) is 21.1 Å². The van der Waals surface area contributed by atoms with Crippen molar-refractivity contribution in [2.24, 2.45) is 0 Å². The quantitative estimate of drug-likeness (QED) is 0.631. The van der Waals surface area contributed by atoms with Crippen molar-refractivity contribution in [3.8, 4) is 5.75 Å². The topological polar surface area (TPSA) is 61.3 Å². The largest absolute Gasteiger partial charge is 0.495 e. The fourth-order valence-electron chi connectivity index (χ4n) is 1.50. The van der Waals surface area contributed by atoms with Crippen LogP contribution < -0.4 is 4.74 Å². The van der Waals surface area contributed by atoms with Crippen LogP contribution in [0.4, 0.5) is 0 Å². The highest BCUT2D eigenvalue weighted by Crippen LogP contribution is 2.24. The van der Waals surface area contributed by atoms with Crippen molar-refractivity contribution in [1.82, 2.24) is 9.97 Å². The molecule has 0 atom stereocenters. The molecule has 0 N–H and O–H groups in total. The predicted octanol–water partition coefficient (Wildman–Crippen LogP) is 2.47. The molecule has 0 bridgehead atoms. The van der Waals surface area contributed by atoms with Gasteiger partial charge in [0.05, 0.1) is 19.9 Å². The molecule has 0 saturated carbocycles. The van der Waals surface area contributed by atoms with Gasteiger partial charge in [-0.3, -0.25) is 0 Å². The Labute approximate surface area is 109 Å². The van der Waals surface area contributed by atoms with Gasteiger partial charge in [-0.05, 0) is 19.1 Å². The number of nitrogens with zero attached hydrogens (tertiary/aromatic N) is 2. The molecule has 2 aromatic rings. The van der Waals surface area contributed by atoms with Gasteiger partial charge in [-0.15, -0.1) is 0 Å². The SMILES string of the molecule is CCOC(=O)c1cc2cc(OC)cnc2c(Cl)n1. The summed E-state index contributed by atoms with van der Waals surface area (Å²) in [6.07, 6.45) is 1.54. The third kappa shape index (κ3) is 2.36. The summed E-state index contributed by atoms with van der Waals surface area (Å²) < 4.78 is 9.94. The van der Waals surface area contributed by atoms with E-state index in [1.807, 2.05) is 0 Å². The fraction of sp³-hybridized carbons (Fsp3) is 0.250. The average Bonchev–Trinajstić information content (AvgIpc) is 2.38. The maximum atomic E-state index is 11.6. The zero-order valence-corrected chi connectivity index (χ0v) is 10.7. The van der Waals surface area contributed by atoms with Crippen molar-refractivity contribution in [1.29, 1.82) is 0 Å². The van der Waals surface area contributed by atoms with Crippen LogP contribution in [0.5, 0.6) is 5.75 Å². The highest BCUT2D eigenvalue weighted by molar-refractivity contribution is 6.34. The molecule has 0 unspecified atom stereocenters. The normalized spacial score (nSPS) is 10.4. The lowest BCUT2D eigenvalue weighted by atomic mass is 10.2. The Bertz CT molecular complexity index is 601. The molecule has 0 amide bonds. The Hall–Kier alpha value is -1.88. The first-order chi connectivity index (χ1) is 8.65. The fourth-order valence-corrected chi connectivity index (χ4v) is 1.75. The van der Waals surface area contributed by atoms with Gasteiger partial charge in [0.25, 0.3) is 0 Å². The van der Waals surface area contributed by atoms with E-state index < -0.39 is 5.97 Å². The van der Waals surface area contributed by atoms with Crippen molar-refractivity contribution in [3.05, 3.63) is 29.2 Å². The van der Waals surface area contributed by atoms with Gasteiger partial charge in [0.15, 0.2) is 10.8 Å². The van der Waals surface area contributed by atoms with E-state index in [2.05, 4.69) is 9.97 Å². The van der Waals surface area contributed by atoms with Gasteiger partial charge < -0.3 is 9.47 Å². The van der Waals surface area contributed by atoms with E-state index in [9.17, 15) is 4.79 Å². The molecule has 0 radical (unpaired) electrons. The summed E-state index contributed by atoms with van der Waals surface area (Å²) in [6.45, 7) is 2.01. The van der Waals surface area contributed by atoms with Gasteiger partial charge in [-0.25, -0.2) is 14.8 Å². The van der Waals surface area contributed by atoms with Crippen LogP contribution in [-0.2, 0) is 4.74 Å². The van der Waals surface area contributed by atoms with Crippen LogP contribution in [0.15, 0.2) is 18.3 Å².